The Hall–Kier alpha value is -2.73. The molecule has 132 valence electrons. The average Bonchev–Trinajstić information content (AvgIpc) is 3.29. The minimum absolute atomic E-state index is 0.0166. The second-order valence-electron chi connectivity index (χ2n) is 5.87. The molecule has 3 N–H and O–H groups in total. The van der Waals surface area contributed by atoms with Gasteiger partial charge in [-0.1, -0.05) is 13.8 Å². The van der Waals surface area contributed by atoms with Crippen molar-refractivity contribution in [1.29, 1.82) is 0 Å². The molecular formula is C19H24N4O2. The fourth-order valence-corrected chi connectivity index (χ4v) is 3.05. The van der Waals surface area contributed by atoms with Crippen LogP contribution in [-0.2, 0) is 0 Å². The number of hydrogen-bond donors (Lipinski definition) is 3. The van der Waals surface area contributed by atoms with Crippen molar-refractivity contribution < 1.29 is 9.21 Å². The van der Waals surface area contributed by atoms with Crippen molar-refractivity contribution in [1.82, 2.24) is 15.2 Å². The van der Waals surface area contributed by atoms with E-state index < -0.39 is 0 Å². The molecule has 3 rings (SSSR count). The van der Waals surface area contributed by atoms with Crippen LogP contribution in [0.1, 0.15) is 25.6 Å². The molecule has 1 aromatic carbocycles. The van der Waals surface area contributed by atoms with Crippen LogP contribution in [0.2, 0.25) is 0 Å². The highest BCUT2D eigenvalue weighted by Gasteiger charge is 2.21. The number of nitrogens with zero attached hydrogens (tertiary/aromatic N) is 1. The zero-order valence-electron chi connectivity index (χ0n) is 14.6. The summed E-state index contributed by atoms with van der Waals surface area (Å²) < 4.78 is 5.55. The van der Waals surface area contributed by atoms with Crippen LogP contribution < -0.4 is 10.6 Å². The second kappa shape index (κ2) is 7.90. The number of carbonyl (C=O) groups is 1. The molecule has 0 aliphatic rings. The second-order valence-corrected chi connectivity index (χ2v) is 5.87. The van der Waals surface area contributed by atoms with Gasteiger partial charge in [0.15, 0.2) is 0 Å². The first-order chi connectivity index (χ1) is 12.2. The number of carbonyl (C=O) groups excluding carboxylic acids is 1. The van der Waals surface area contributed by atoms with Crippen LogP contribution in [0.25, 0.3) is 10.9 Å². The van der Waals surface area contributed by atoms with E-state index in [-0.39, 0.29) is 12.1 Å². The van der Waals surface area contributed by atoms with Gasteiger partial charge in [0.05, 0.1) is 12.3 Å². The summed E-state index contributed by atoms with van der Waals surface area (Å²) in [4.78, 5) is 17.7. The van der Waals surface area contributed by atoms with Gasteiger partial charge in [-0.3, -0.25) is 4.90 Å². The zero-order chi connectivity index (χ0) is 17.6. The van der Waals surface area contributed by atoms with E-state index in [1.807, 2.05) is 42.6 Å². The van der Waals surface area contributed by atoms with E-state index in [2.05, 4.69) is 34.4 Å². The third-order valence-corrected chi connectivity index (χ3v) is 4.39. The maximum absolute atomic E-state index is 12.3. The lowest BCUT2D eigenvalue weighted by molar-refractivity contribution is 0.188. The molecule has 0 saturated carbocycles. The highest BCUT2D eigenvalue weighted by atomic mass is 16.3. The van der Waals surface area contributed by atoms with Gasteiger partial charge in [-0.05, 0) is 49.5 Å². The summed E-state index contributed by atoms with van der Waals surface area (Å²) in [7, 11) is 0. The Balaban J connectivity index is 1.62. The minimum atomic E-state index is -0.224. The van der Waals surface area contributed by atoms with Crippen molar-refractivity contribution in [3.63, 3.8) is 0 Å². The maximum atomic E-state index is 12.3. The van der Waals surface area contributed by atoms with E-state index in [1.54, 1.807) is 6.26 Å². The van der Waals surface area contributed by atoms with Crippen molar-refractivity contribution in [2.75, 3.05) is 25.0 Å². The number of likely N-dealkylation sites (N-methyl/N-ethyl adjacent to an activating group) is 1. The SMILES string of the molecule is CCN(CC)[C@@H](CNC(=O)Nc1ccc2[nH]ccc2c1)c1ccco1. The molecule has 0 saturated heterocycles. The number of furan rings is 1. The van der Waals surface area contributed by atoms with Crippen LogP contribution in [-0.4, -0.2) is 35.5 Å². The third-order valence-electron chi connectivity index (χ3n) is 4.39. The summed E-state index contributed by atoms with van der Waals surface area (Å²) in [5.41, 5.74) is 1.81. The Kier molecular flexibility index (Phi) is 5.40. The van der Waals surface area contributed by atoms with Crippen LogP contribution in [0.4, 0.5) is 10.5 Å². The molecule has 3 aromatic rings. The van der Waals surface area contributed by atoms with E-state index >= 15 is 0 Å². The average molecular weight is 340 g/mol. The molecule has 2 aromatic heterocycles. The van der Waals surface area contributed by atoms with Crippen LogP contribution in [0.15, 0.2) is 53.3 Å². The number of hydrogen-bond acceptors (Lipinski definition) is 3. The predicted molar refractivity (Wildman–Crippen MR) is 99.7 cm³/mol. The van der Waals surface area contributed by atoms with Crippen molar-refractivity contribution >= 4 is 22.6 Å². The number of H-pyrrole nitrogens is 1. The molecule has 1 atom stereocenters. The third kappa shape index (κ3) is 4.03. The lowest BCUT2D eigenvalue weighted by Gasteiger charge is -2.28. The number of amides is 2. The zero-order valence-corrected chi connectivity index (χ0v) is 14.6. The van der Waals surface area contributed by atoms with Crippen molar-refractivity contribution in [3.8, 4) is 0 Å². The largest absolute Gasteiger partial charge is 0.468 e. The summed E-state index contributed by atoms with van der Waals surface area (Å²) >= 11 is 0. The van der Waals surface area contributed by atoms with Crippen LogP contribution in [0.5, 0.6) is 0 Å². The van der Waals surface area contributed by atoms with Gasteiger partial charge in [0, 0.05) is 29.3 Å². The van der Waals surface area contributed by atoms with Crippen LogP contribution >= 0.6 is 0 Å². The number of rotatable bonds is 7. The maximum Gasteiger partial charge on any atom is 0.319 e. The highest BCUT2D eigenvalue weighted by molar-refractivity contribution is 5.92. The topological polar surface area (TPSA) is 73.3 Å². The lowest BCUT2D eigenvalue weighted by atomic mass is 10.2. The van der Waals surface area contributed by atoms with Gasteiger partial charge in [-0.2, -0.15) is 0 Å². The van der Waals surface area contributed by atoms with E-state index in [4.69, 9.17) is 4.42 Å². The van der Waals surface area contributed by atoms with E-state index in [9.17, 15) is 4.79 Å². The van der Waals surface area contributed by atoms with Gasteiger partial charge < -0.3 is 20.0 Å². The molecular weight excluding hydrogens is 316 g/mol. The van der Waals surface area contributed by atoms with Crippen molar-refractivity contribution in [2.45, 2.75) is 19.9 Å². The normalized spacial score (nSPS) is 12.4. The number of nitrogens with one attached hydrogen (secondary N) is 3. The predicted octanol–water partition coefficient (Wildman–Crippen LogP) is 3.97. The smallest absolute Gasteiger partial charge is 0.319 e. The Labute approximate surface area is 147 Å². The summed E-state index contributed by atoms with van der Waals surface area (Å²) in [6, 6.07) is 11.4. The standard InChI is InChI=1S/C19H24N4O2/c1-3-23(4-2)17(18-6-5-11-25-18)13-21-19(24)22-15-7-8-16-14(12-15)9-10-20-16/h5-12,17,20H,3-4,13H2,1-2H3,(H2,21,22,24)/t17-/m0/s1. The molecule has 0 spiro atoms. The van der Waals surface area contributed by atoms with Crippen molar-refractivity contribution in [3.05, 3.63) is 54.6 Å². The van der Waals surface area contributed by atoms with Gasteiger partial charge in [-0.25, -0.2) is 4.79 Å². The van der Waals surface area contributed by atoms with Crippen LogP contribution in [0, 0.1) is 0 Å². The number of benzene rings is 1. The van der Waals surface area contributed by atoms with Gasteiger partial charge in [0.25, 0.3) is 0 Å². The Morgan fingerprint density at radius 1 is 1.24 bits per heavy atom. The first-order valence-corrected chi connectivity index (χ1v) is 8.60. The monoisotopic (exact) mass is 340 g/mol. The highest BCUT2D eigenvalue weighted by Crippen LogP contribution is 2.21. The molecule has 2 amide bonds. The molecule has 0 radical (unpaired) electrons. The fraction of sp³-hybridized carbons (Fsp3) is 0.316. The fourth-order valence-electron chi connectivity index (χ4n) is 3.05. The molecule has 6 heteroatoms. The molecule has 2 heterocycles. The number of anilines is 1. The van der Waals surface area contributed by atoms with Crippen molar-refractivity contribution in [2.24, 2.45) is 0 Å². The quantitative estimate of drug-likeness (QED) is 0.609. The summed E-state index contributed by atoms with van der Waals surface area (Å²) in [6.45, 7) is 6.45. The van der Waals surface area contributed by atoms with E-state index in [0.29, 0.717) is 6.54 Å². The minimum Gasteiger partial charge on any atom is -0.468 e. The summed E-state index contributed by atoms with van der Waals surface area (Å²) in [5.74, 6) is 0.859. The van der Waals surface area contributed by atoms with E-state index in [1.165, 1.54) is 0 Å². The van der Waals surface area contributed by atoms with E-state index in [0.717, 1.165) is 35.4 Å². The number of aromatic amines is 1. The number of aromatic nitrogens is 1. The summed E-state index contributed by atoms with van der Waals surface area (Å²) in [5, 5.41) is 6.90. The summed E-state index contributed by atoms with van der Waals surface area (Å²) in [6.07, 6.45) is 3.55. The molecule has 0 bridgehead atoms. The van der Waals surface area contributed by atoms with Crippen LogP contribution in [0.3, 0.4) is 0 Å². The Morgan fingerprint density at radius 3 is 2.80 bits per heavy atom. The molecule has 0 aliphatic carbocycles. The molecule has 0 fully saturated rings. The number of fused-ring (bicyclic) bond motifs is 1. The molecule has 0 aliphatic heterocycles. The molecule has 6 nitrogen and oxygen atoms in total. The molecule has 25 heavy (non-hydrogen) atoms. The lowest BCUT2D eigenvalue weighted by Crippen LogP contribution is -2.39. The first kappa shape index (κ1) is 17.1. The van der Waals surface area contributed by atoms with Gasteiger partial charge in [0.2, 0.25) is 0 Å². The first-order valence-electron chi connectivity index (χ1n) is 8.60. The number of urea groups is 1. The Morgan fingerprint density at radius 2 is 2.08 bits per heavy atom. The van der Waals surface area contributed by atoms with Gasteiger partial charge >= 0.3 is 6.03 Å². The van der Waals surface area contributed by atoms with Gasteiger partial charge in [0.1, 0.15) is 5.76 Å². The molecule has 0 unspecified atom stereocenters. The van der Waals surface area contributed by atoms with Gasteiger partial charge in [-0.15, -0.1) is 0 Å². The Bertz CT molecular complexity index is 806.